The summed E-state index contributed by atoms with van der Waals surface area (Å²) >= 11 is 3.63. The van der Waals surface area contributed by atoms with Crippen LogP contribution in [0.15, 0.2) is 22.7 Å². The molecule has 1 aliphatic carbocycles. The van der Waals surface area contributed by atoms with E-state index in [0.29, 0.717) is 13.0 Å². The van der Waals surface area contributed by atoms with Gasteiger partial charge in [-0.3, -0.25) is 4.79 Å². The van der Waals surface area contributed by atoms with Gasteiger partial charge >= 0.3 is 5.97 Å². The van der Waals surface area contributed by atoms with E-state index in [1.54, 1.807) is 0 Å². The van der Waals surface area contributed by atoms with Gasteiger partial charge in [-0.1, -0.05) is 22.0 Å². The van der Waals surface area contributed by atoms with Crippen LogP contribution in [0, 0.1) is 23.7 Å². The van der Waals surface area contributed by atoms with Gasteiger partial charge in [-0.15, -0.1) is 0 Å². The lowest BCUT2D eigenvalue weighted by atomic mass is 10.0. The van der Waals surface area contributed by atoms with Crippen molar-refractivity contribution in [3.8, 4) is 6.07 Å². The summed E-state index contributed by atoms with van der Waals surface area (Å²) in [5, 5.41) is 10.2. The van der Waals surface area contributed by atoms with Crippen LogP contribution < -0.4 is 0 Å². The molecule has 4 nitrogen and oxygen atoms in total. The summed E-state index contributed by atoms with van der Waals surface area (Å²) in [7, 11) is 0. The maximum atomic E-state index is 12.0. The second-order valence-electron chi connectivity index (χ2n) is 6.60. The van der Waals surface area contributed by atoms with Crippen LogP contribution in [0.2, 0.25) is 0 Å². The van der Waals surface area contributed by atoms with Gasteiger partial charge in [0.1, 0.15) is 0 Å². The smallest absolute Gasteiger partial charge is 0.310 e. The first-order valence-corrected chi connectivity index (χ1v) is 9.09. The number of carbonyl (C=O) groups excluding carboxylic acids is 1. The molecule has 126 valence electrons. The summed E-state index contributed by atoms with van der Waals surface area (Å²) in [4.78, 5) is 12.0. The summed E-state index contributed by atoms with van der Waals surface area (Å²) in [6, 6.07) is 8.43. The lowest BCUT2D eigenvalue weighted by Crippen LogP contribution is -2.13. The molecule has 1 fully saturated rings. The van der Waals surface area contributed by atoms with Crippen LogP contribution in [0.25, 0.3) is 10.9 Å². The van der Waals surface area contributed by atoms with Gasteiger partial charge in [0.05, 0.1) is 19.1 Å². The molecule has 3 rings (SSSR count). The fraction of sp³-hybridized carbons (Fsp3) is 0.474. The Hall–Kier alpha value is -1.80. The van der Waals surface area contributed by atoms with E-state index in [4.69, 9.17) is 10.00 Å². The van der Waals surface area contributed by atoms with Crippen LogP contribution in [0.5, 0.6) is 0 Å². The Morgan fingerprint density at radius 2 is 2.21 bits per heavy atom. The number of hydrogen-bond donors (Lipinski definition) is 0. The first-order chi connectivity index (χ1) is 11.5. The SMILES string of the molecule is CCOC(=O)Cc1c(C)n(CC2(CC#N)CC2)c2cccc(Br)c12. The van der Waals surface area contributed by atoms with Crippen molar-refractivity contribution >= 4 is 32.8 Å². The largest absolute Gasteiger partial charge is 0.466 e. The molecule has 1 aliphatic rings. The Morgan fingerprint density at radius 3 is 2.83 bits per heavy atom. The zero-order valence-electron chi connectivity index (χ0n) is 14.1. The van der Waals surface area contributed by atoms with Gasteiger partial charge in [0.25, 0.3) is 0 Å². The number of nitriles is 1. The molecule has 0 N–H and O–H groups in total. The number of fused-ring (bicyclic) bond motifs is 1. The van der Waals surface area contributed by atoms with E-state index >= 15 is 0 Å². The Morgan fingerprint density at radius 1 is 1.46 bits per heavy atom. The van der Waals surface area contributed by atoms with E-state index in [-0.39, 0.29) is 17.8 Å². The molecule has 5 heteroatoms. The predicted molar refractivity (Wildman–Crippen MR) is 96.6 cm³/mol. The van der Waals surface area contributed by atoms with Crippen molar-refractivity contribution in [3.63, 3.8) is 0 Å². The fourth-order valence-corrected chi connectivity index (χ4v) is 4.00. The van der Waals surface area contributed by atoms with Crippen LogP contribution in [0.4, 0.5) is 0 Å². The number of benzene rings is 1. The maximum Gasteiger partial charge on any atom is 0.310 e. The number of ether oxygens (including phenoxy) is 1. The van der Waals surface area contributed by atoms with Crippen LogP contribution in [-0.4, -0.2) is 17.1 Å². The molecule has 0 unspecified atom stereocenters. The zero-order chi connectivity index (χ0) is 17.3. The summed E-state index contributed by atoms with van der Waals surface area (Å²) in [6.07, 6.45) is 3.06. The monoisotopic (exact) mass is 388 g/mol. The average molecular weight is 389 g/mol. The molecule has 0 amide bonds. The van der Waals surface area contributed by atoms with Gasteiger partial charge in [0, 0.05) is 39.5 Å². The van der Waals surface area contributed by atoms with E-state index in [9.17, 15) is 4.79 Å². The van der Waals surface area contributed by atoms with Crippen molar-refractivity contribution in [3.05, 3.63) is 33.9 Å². The van der Waals surface area contributed by atoms with Crippen molar-refractivity contribution in [2.75, 3.05) is 6.61 Å². The molecule has 1 aromatic heterocycles. The molecule has 0 aliphatic heterocycles. The Balaban J connectivity index is 2.06. The predicted octanol–water partition coefficient (Wildman–Crippen LogP) is 4.51. The first-order valence-electron chi connectivity index (χ1n) is 8.30. The molecular formula is C19H21BrN2O2. The normalized spacial score (nSPS) is 15.2. The van der Waals surface area contributed by atoms with Gasteiger partial charge in [-0.2, -0.15) is 5.26 Å². The Bertz CT molecular complexity index is 828. The highest BCUT2D eigenvalue weighted by atomic mass is 79.9. The van der Waals surface area contributed by atoms with Crippen LogP contribution in [0.1, 0.15) is 37.4 Å². The molecule has 0 radical (unpaired) electrons. The van der Waals surface area contributed by atoms with Crippen molar-refractivity contribution < 1.29 is 9.53 Å². The summed E-state index contributed by atoms with van der Waals surface area (Å²) in [5.41, 5.74) is 3.33. The molecular weight excluding hydrogens is 368 g/mol. The highest BCUT2D eigenvalue weighted by Crippen LogP contribution is 2.51. The van der Waals surface area contributed by atoms with E-state index in [2.05, 4.69) is 39.6 Å². The average Bonchev–Trinajstić information content (AvgIpc) is 3.25. The third kappa shape index (κ3) is 3.08. The minimum Gasteiger partial charge on any atom is -0.466 e. The minimum absolute atomic E-state index is 0.106. The van der Waals surface area contributed by atoms with E-state index < -0.39 is 0 Å². The second-order valence-corrected chi connectivity index (χ2v) is 7.46. The van der Waals surface area contributed by atoms with Crippen LogP contribution in [-0.2, 0) is 22.5 Å². The van der Waals surface area contributed by atoms with Crippen LogP contribution >= 0.6 is 15.9 Å². The molecule has 24 heavy (non-hydrogen) atoms. The number of rotatable bonds is 6. The summed E-state index contributed by atoms with van der Waals surface area (Å²) in [6.45, 7) is 5.11. The van der Waals surface area contributed by atoms with E-state index in [1.807, 2.05) is 19.1 Å². The standard InChI is InChI=1S/C19H21BrN2O2/c1-3-24-17(23)11-14-13(2)22(12-19(7-8-19)9-10-21)16-6-4-5-15(20)18(14)16/h4-6H,3,7-9,11-12H2,1-2H3. The van der Waals surface area contributed by atoms with Crippen molar-refractivity contribution in [2.24, 2.45) is 5.41 Å². The fourth-order valence-electron chi connectivity index (χ4n) is 3.41. The number of halogens is 1. The van der Waals surface area contributed by atoms with E-state index in [0.717, 1.165) is 46.0 Å². The number of esters is 1. The van der Waals surface area contributed by atoms with Gasteiger partial charge in [-0.25, -0.2) is 0 Å². The minimum atomic E-state index is -0.200. The maximum absolute atomic E-state index is 12.0. The summed E-state index contributed by atoms with van der Waals surface area (Å²) in [5.74, 6) is -0.200. The van der Waals surface area contributed by atoms with Crippen molar-refractivity contribution in [1.82, 2.24) is 4.57 Å². The lowest BCUT2D eigenvalue weighted by molar-refractivity contribution is -0.142. The number of hydrogen-bond acceptors (Lipinski definition) is 3. The molecule has 0 atom stereocenters. The highest BCUT2D eigenvalue weighted by Gasteiger charge is 2.43. The molecule has 0 saturated heterocycles. The third-order valence-electron chi connectivity index (χ3n) is 4.96. The van der Waals surface area contributed by atoms with E-state index in [1.165, 1.54) is 0 Å². The molecule has 0 bridgehead atoms. The van der Waals surface area contributed by atoms with Crippen molar-refractivity contribution in [2.45, 2.75) is 46.1 Å². The Labute approximate surface area is 150 Å². The number of nitrogens with zero attached hydrogens (tertiary/aromatic N) is 2. The van der Waals surface area contributed by atoms with Gasteiger partial charge in [-0.05, 0) is 44.4 Å². The topological polar surface area (TPSA) is 55.0 Å². The zero-order valence-corrected chi connectivity index (χ0v) is 15.6. The van der Waals surface area contributed by atoms with Gasteiger partial charge in [0.15, 0.2) is 0 Å². The molecule has 0 spiro atoms. The second kappa shape index (κ2) is 6.60. The Kier molecular flexibility index (Phi) is 4.69. The van der Waals surface area contributed by atoms with Crippen LogP contribution in [0.3, 0.4) is 0 Å². The molecule has 2 aromatic rings. The van der Waals surface area contributed by atoms with Gasteiger partial charge < -0.3 is 9.30 Å². The highest BCUT2D eigenvalue weighted by molar-refractivity contribution is 9.10. The molecule has 1 aromatic carbocycles. The molecule has 1 heterocycles. The lowest BCUT2D eigenvalue weighted by Gasteiger charge is -2.15. The first kappa shape index (κ1) is 17.0. The number of aromatic nitrogens is 1. The summed E-state index contributed by atoms with van der Waals surface area (Å²) < 4.78 is 8.41. The number of carbonyl (C=O) groups is 1. The van der Waals surface area contributed by atoms with Gasteiger partial charge in [0.2, 0.25) is 0 Å². The third-order valence-corrected chi connectivity index (χ3v) is 5.62. The molecule has 1 saturated carbocycles. The van der Waals surface area contributed by atoms with Crippen molar-refractivity contribution in [1.29, 1.82) is 5.26 Å². The quantitative estimate of drug-likeness (QED) is 0.683.